The maximum atomic E-state index is 13.4. The van der Waals surface area contributed by atoms with Gasteiger partial charge in [0.15, 0.2) is 11.6 Å². The number of hydrogen-bond acceptors (Lipinski definition) is 2. The van der Waals surface area contributed by atoms with Crippen LogP contribution in [0.15, 0.2) is 31.0 Å². The molecule has 0 aliphatic carbocycles. The first-order chi connectivity index (χ1) is 8.31. The Hall–Kier alpha value is -1.84. The van der Waals surface area contributed by atoms with Crippen LogP contribution in [0.25, 0.3) is 5.70 Å². The van der Waals surface area contributed by atoms with E-state index in [1.807, 2.05) is 13.8 Å². The van der Waals surface area contributed by atoms with Gasteiger partial charge in [-0.25, -0.2) is 8.78 Å². The Morgan fingerprint density at radius 2 is 1.94 bits per heavy atom. The minimum atomic E-state index is -0.984. The van der Waals surface area contributed by atoms with Gasteiger partial charge >= 0.3 is 0 Å². The number of halogens is 2. The second kappa shape index (κ2) is 5.67. The fourth-order valence-electron chi connectivity index (χ4n) is 1.64. The molecule has 1 aromatic carbocycles. The molecule has 0 saturated carbocycles. The van der Waals surface area contributed by atoms with Gasteiger partial charge in [-0.1, -0.05) is 27.0 Å². The summed E-state index contributed by atoms with van der Waals surface area (Å²) in [5.41, 5.74) is 6.53. The van der Waals surface area contributed by atoms with Crippen LogP contribution in [0.2, 0.25) is 0 Å². The molecule has 3 N–H and O–H groups in total. The molecule has 1 rings (SSSR count). The van der Waals surface area contributed by atoms with E-state index in [1.54, 1.807) is 0 Å². The molecule has 0 saturated heterocycles. The van der Waals surface area contributed by atoms with Crippen LogP contribution < -0.4 is 11.1 Å². The van der Waals surface area contributed by atoms with Crippen LogP contribution in [0.1, 0.15) is 25.8 Å². The van der Waals surface area contributed by atoms with Crippen LogP contribution in [0, 0.1) is 17.6 Å². The van der Waals surface area contributed by atoms with Gasteiger partial charge in [-0.05, 0) is 18.4 Å². The zero-order chi connectivity index (χ0) is 13.9. The molecule has 0 amide bonds. The van der Waals surface area contributed by atoms with Crippen LogP contribution >= 0.6 is 0 Å². The second-order valence-electron chi connectivity index (χ2n) is 4.67. The van der Waals surface area contributed by atoms with E-state index in [0.717, 1.165) is 18.2 Å². The molecule has 0 aromatic heterocycles. The number of hydrogen-bond donors (Lipinski definition) is 2. The van der Waals surface area contributed by atoms with Gasteiger partial charge < -0.3 is 11.1 Å². The maximum Gasteiger partial charge on any atom is 0.168 e. The lowest BCUT2D eigenvalue weighted by atomic mass is 10.1. The molecule has 0 bridgehead atoms. The Labute approximate surface area is 106 Å². The van der Waals surface area contributed by atoms with E-state index in [1.165, 1.54) is 6.07 Å². The molecular weight excluding hydrogens is 234 g/mol. The molecule has 0 heterocycles. The highest BCUT2D eigenvalue weighted by molar-refractivity contribution is 5.66. The molecule has 0 fully saturated rings. The highest BCUT2D eigenvalue weighted by Crippen LogP contribution is 2.23. The van der Waals surface area contributed by atoms with Crippen molar-refractivity contribution in [1.82, 2.24) is 0 Å². The van der Waals surface area contributed by atoms with Gasteiger partial charge in [0.05, 0.1) is 0 Å². The van der Waals surface area contributed by atoms with Gasteiger partial charge in [-0.3, -0.25) is 0 Å². The number of anilines is 1. The average molecular weight is 252 g/mol. The third kappa shape index (κ3) is 3.58. The van der Waals surface area contributed by atoms with Gasteiger partial charge in [0.1, 0.15) is 0 Å². The Balaban J connectivity index is 2.97. The normalized spacial score (nSPS) is 10.5. The largest absolute Gasteiger partial charge is 0.399 e. The molecule has 98 valence electrons. The average Bonchev–Trinajstić information content (AvgIpc) is 2.21. The summed E-state index contributed by atoms with van der Waals surface area (Å²) in [4.78, 5) is 0. The summed E-state index contributed by atoms with van der Waals surface area (Å²) < 4.78 is 26.8. The van der Waals surface area contributed by atoms with Crippen molar-refractivity contribution < 1.29 is 8.78 Å². The topological polar surface area (TPSA) is 38.0 Å². The van der Waals surface area contributed by atoms with E-state index < -0.39 is 11.6 Å². The lowest BCUT2D eigenvalue weighted by molar-refractivity contribution is 0.506. The third-order valence-electron chi connectivity index (χ3n) is 2.35. The van der Waals surface area contributed by atoms with Crippen molar-refractivity contribution in [1.29, 1.82) is 0 Å². The van der Waals surface area contributed by atoms with Crippen LogP contribution in [0.3, 0.4) is 0 Å². The van der Waals surface area contributed by atoms with Gasteiger partial charge in [0.2, 0.25) is 0 Å². The number of nitrogens with one attached hydrogen (secondary N) is 1. The molecule has 0 spiro atoms. The first kappa shape index (κ1) is 14.2. The van der Waals surface area contributed by atoms with E-state index in [2.05, 4.69) is 18.5 Å². The predicted octanol–water partition coefficient (Wildman–Crippen LogP) is 3.87. The molecule has 0 radical (unpaired) electrons. The Kier molecular flexibility index (Phi) is 4.48. The Bertz CT molecular complexity index is 479. The smallest absolute Gasteiger partial charge is 0.168 e. The summed E-state index contributed by atoms with van der Waals surface area (Å²) in [7, 11) is 0. The van der Waals surface area contributed by atoms with Crippen molar-refractivity contribution in [3.05, 3.63) is 48.2 Å². The van der Waals surface area contributed by atoms with Crippen molar-refractivity contribution in [2.75, 3.05) is 5.32 Å². The second-order valence-corrected chi connectivity index (χ2v) is 4.67. The molecule has 0 unspecified atom stereocenters. The minimum absolute atomic E-state index is 0.00970. The lowest BCUT2D eigenvalue weighted by Gasteiger charge is -2.13. The van der Waals surface area contributed by atoms with Gasteiger partial charge in [0, 0.05) is 28.7 Å². The first-order valence-corrected chi connectivity index (χ1v) is 5.69. The van der Waals surface area contributed by atoms with Crippen molar-refractivity contribution >= 4 is 11.4 Å². The SMILES string of the molecule is C=C(CC(C)C)Nc1cc(F)c(F)c(C(=C)N)c1. The fraction of sp³-hybridized carbons (Fsp3) is 0.286. The molecule has 18 heavy (non-hydrogen) atoms. The monoisotopic (exact) mass is 252 g/mol. The number of allylic oxidation sites excluding steroid dienone is 1. The van der Waals surface area contributed by atoms with Gasteiger partial charge in [0.25, 0.3) is 0 Å². The molecule has 2 nitrogen and oxygen atoms in total. The van der Waals surface area contributed by atoms with Gasteiger partial charge in [-0.15, -0.1) is 0 Å². The molecule has 0 aliphatic heterocycles. The van der Waals surface area contributed by atoms with Crippen LogP contribution in [-0.4, -0.2) is 0 Å². The molecule has 0 atom stereocenters. The van der Waals surface area contributed by atoms with E-state index in [9.17, 15) is 8.78 Å². The number of rotatable bonds is 5. The summed E-state index contributed by atoms with van der Waals surface area (Å²) in [5.74, 6) is -1.51. The van der Waals surface area contributed by atoms with Crippen LogP contribution in [0.5, 0.6) is 0 Å². The van der Waals surface area contributed by atoms with E-state index >= 15 is 0 Å². The zero-order valence-corrected chi connectivity index (χ0v) is 10.7. The van der Waals surface area contributed by atoms with Crippen LogP contribution in [-0.2, 0) is 0 Å². The molecule has 4 heteroatoms. The molecular formula is C14H18F2N2. The van der Waals surface area contributed by atoms with Crippen molar-refractivity contribution in [2.45, 2.75) is 20.3 Å². The summed E-state index contributed by atoms with van der Waals surface area (Å²) >= 11 is 0. The van der Waals surface area contributed by atoms with Crippen molar-refractivity contribution in [3.63, 3.8) is 0 Å². The van der Waals surface area contributed by atoms with E-state index in [4.69, 9.17) is 5.73 Å². The van der Waals surface area contributed by atoms with Crippen LogP contribution in [0.4, 0.5) is 14.5 Å². The highest BCUT2D eigenvalue weighted by atomic mass is 19.2. The summed E-state index contributed by atoms with van der Waals surface area (Å²) in [5, 5.41) is 2.94. The predicted molar refractivity (Wildman–Crippen MR) is 71.8 cm³/mol. The first-order valence-electron chi connectivity index (χ1n) is 5.69. The fourth-order valence-corrected chi connectivity index (χ4v) is 1.64. The standard InChI is InChI=1S/C14H18F2N2/c1-8(2)5-9(3)18-11-6-12(10(4)17)14(16)13(15)7-11/h6-8,18H,3-5,17H2,1-2H3. The van der Waals surface area contributed by atoms with Gasteiger partial charge in [-0.2, -0.15) is 0 Å². The number of benzene rings is 1. The zero-order valence-electron chi connectivity index (χ0n) is 10.7. The summed E-state index contributed by atoms with van der Waals surface area (Å²) in [6, 6.07) is 2.50. The Morgan fingerprint density at radius 3 is 2.44 bits per heavy atom. The Morgan fingerprint density at radius 1 is 1.33 bits per heavy atom. The lowest BCUT2D eigenvalue weighted by Crippen LogP contribution is -2.05. The summed E-state index contributed by atoms with van der Waals surface area (Å²) in [6.07, 6.45) is 0.748. The van der Waals surface area contributed by atoms with Crippen molar-refractivity contribution in [3.8, 4) is 0 Å². The highest BCUT2D eigenvalue weighted by Gasteiger charge is 2.12. The van der Waals surface area contributed by atoms with Crippen molar-refractivity contribution in [2.24, 2.45) is 11.7 Å². The van der Waals surface area contributed by atoms with E-state index in [0.29, 0.717) is 11.6 Å². The maximum absolute atomic E-state index is 13.4. The quantitative estimate of drug-likeness (QED) is 0.835. The third-order valence-corrected chi connectivity index (χ3v) is 2.35. The molecule has 1 aromatic rings. The summed E-state index contributed by atoms with van der Waals surface area (Å²) in [6.45, 7) is 11.3. The molecule has 0 aliphatic rings. The number of nitrogens with two attached hydrogens (primary N) is 1. The van der Waals surface area contributed by atoms with E-state index in [-0.39, 0.29) is 11.3 Å². The minimum Gasteiger partial charge on any atom is -0.399 e.